The summed E-state index contributed by atoms with van der Waals surface area (Å²) in [4.78, 5) is 42.0. The maximum Gasteiger partial charge on any atom is 0.274 e. The molecule has 0 unspecified atom stereocenters. The monoisotopic (exact) mass is 446 g/mol. The van der Waals surface area contributed by atoms with E-state index in [1.807, 2.05) is 36.4 Å². The smallest absolute Gasteiger partial charge is 0.274 e. The number of nitrogens with zero attached hydrogens (tertiary/aromatic N) is 4. The zero-order chi connectivity index (χ0) is 23.3. The fourth-order valence-corrected chi connectivity index (χ4v) is 3.48. The van der Waals surface area contributed by atoms with E-state index in [1.165, 1.54) is 6.33 Å². The van der Waals surface area contributed by atoms with Gasteiger partial charge in [-0.3, -0.25) is 19.6 Å². The number of hydrogen-bond donors (Lipinski definition) is 2. The number of anilines is 2. The predicted octanol–water partition coefficient (Wildman–Crippen LogP) is 4.59. The number of nitrogens with one attached hydrogen (secondary N) is 2. The van der Waals surface area contributed by atoms with Crippen LogP contribution in [0, 0.1) is 0 Å². The topological polar surface area (TPSA) is 110 Å². The van der Waals surface area contributed by atoms with Gasteiger partial charge in [0.1, 0.15) is 17.8 Å². The number of carbonyl (C=O) groups is 2. The van der Waals surface area contributed by atoms with Crippen LogP contribution in [0.2, 0.25) is 0 Å². The minimum Gasteiger partial charge on any atom is -0.321 e. The van der Waals surface area contributed by atoms with Crippen LogP contribution in [0.25, 0.3) is 22.2 Å². The fraction of sp³-hybridized carbons (Fsp3) is 0. The highest BCUT2D eigenvalue weighted by Crippen LogP contribution is 2.22. The number of aromatic nitrogens is 4. The normalized spacial score (nSPS) is 10.6. The molecule has 3 aromatic heterocycles. The third kappa shape index (κ3) is 4.46. The molecule has 0 saturated heterocycles. The van der Waals surface area contributed by atoms with Crippen molar-refractivity contribution < 1.29 is 9.59 Å². The van der Waals surface area contributed by atoms with Gasteiger partial charge in [0.15, 0.2) is 0 Å². The fourth-order valence-electron chi connectivity index (χ4n) is 3.48. The molecule has 0 fully saturated rings. The summed E-state index contributed by atoms with van der Waals surface area (Å²) >= 11 is 0. The van der Waals surface area contributed by atoms with Crippen LogP contribution < -0.4 is 10.6 Å². The lowest BCUT2D eigenvalue weighted by Crippen LogP contribution is -2.14. The number of carbonyl (C=O) groups excluding carboxylic acids is 2. The average molecular weight is 446 g/mol. The molecule has 0 saturated carbocycles. The Kier molecular flexibility index (Phi) is 5.69. The van der Waals surface area contributed by atoms with Crippen molar-refractivity contribution in [3.8, 4) is 11.3 Å². The maximum absolute atomic E-state index is 12.9. The predicted molar refractivity (Wildman–Crippen MR) is 129 cm³/mol. The number of pyridine rings is 2. The Morgan fingerprint density at radius 2 is 1.50 bits per heavy atom. The zero-order valence-electron chi connectivity index (χ0n) is 17.8. The summed E-state index contributed by atoms with van der Waals surface area (Å²) in [7, 11) is 0. The Balaban J connectivity index is 1.32. The zero-order valence-corrected chi connectivity index (χ0v) is 17.8. The summed E-state index contributed by atoms with van der Waals surface area (Å²) in [5.74, 6) is -0.191. The second-order valence-electron chi connectivity index (χ2n) is 7.36. The Labute approximate surface area is 194 Å². The van der Waals surface area contributed by atoms with Crippen LogP contribution in [0.1, 0.15) is 20.8 Å². The molecule has 5 aromatic rings. The second-order valence-corrected chi connectivity index (χ2v) is 7.36. The molecule has 0 aliphatic heterocycles. The average Bonchev–Trinajstić information content (AvgIpc) is 2.89. The number of fused-ring (bicyclic) bond motifs is 1. The Morgan fingerprint density at radius 1 is 0.676 bits per heavy atom. The van der Waals surface area contributed by atoms with Crippen molar-refractivity contribution in [3.05, 3.63) is 109 Å². The highest BCUT2D eigenvalue weighted by molar-refractivity contribution is 6.12. The molecule has 5 rings (SSSR count). The van der Waals surface area contributed by atoms with Gasteiger partial charge in [-0.25, -0.2) is 9.97 Å². The first-order valence-corrected chi connectivity index (χ1v) is 10.5. The third-order valence-electron chi connectivity index (χ3n) is 5.14. The van der Waals surface area contributed by atoms with Crippen molar-refractivity contribution in [2.45, 2.75) is 0 Å². The van der Waals surface area contributed by atoms with Gasteiger partial charge in [-0.05, 0) is 36.4 Å². The van der Waals surface area contributed by atoms with E-state index in [-0.39, 0.29) is 11.8 Å². The molecule has 0 radical (unpaired) electrons. The van der Waals surface area contributed by atoms with E-state index >= 15 is 0 Å². The van der Waals surface area contributed by atoms with Gasteiger partial charge in [-0.1, -0.05) is 36.4 Å². The standard InChI is InChI=1S/C26H18N6O2/c33-25(20-12-14-28-21-6-2-1-5-19(20)21)32-24-15-23(29-16-30-24)17-8-10-18(11-9-17)31-26(34)22-7-3-4-13-27-22/h1-16H,(H,31,34)(H,29,30,32,33). The quantitative estimate of drug-likeness (QED) is 0.409. The lowest BCUT2D eigenvalue weighted by Gasteiger charge is -2.09. The summed E-state index contributed by atoms with van der Waals surface area (Å²) < 4.78 is 0. The van der Waals surface area contributed by atoms with Crippen molar-refractivity contribution in [2.24, 2.45) is 0 Å². The summed E-state index contributed by atoms with van der Waals surface area (Å²) in [5.41, 5.74) is 3.67. The van der Waals surface area contributed by atoms with Gasteiger partial charge in [0, 0.05) is 35.1 Å². The van der Waals surface area contributed by atoms with Crippen LogP contribution in [0.3, 0.4) is 0 Å². The number of rotatable bonds is 5. The summed E-state index contributed by atoms with van der Waals surface area (Å²) in [6, 6.07) is 23.2. The molecule has 0 aliphatic rings. The van der Waals surface area contributed by atoms with E-state index in [1.54, 1.807) is 54.9 Å². The van der Waals surface area contributed by atoms with Crippen LogP contribution in [0.15, 0.2) is 97.6 Å². The molecule has 8 nitrogen and oxygen atoms in total. The van der Waals surface area contributed by atoms with E-state index in [9.17, 15) is 9.59 Å². The van der Waals surface area contributed by atoms with Crippen LogP contribution >= 0.6 is 0 Å². The van der Waals surface area contributed by atoms with Gasteiger partial charge < -0.3 is 10.6 Å². The summed E-state index contributed by atoms with van der Waals surface area (Å²) in [5, 5.41) is 6.41. The first-order chi connectivity index (χ1) is 16.7. The summed E-state index contributed by atoms with van der Waals surface area (Å²) in [6.45, 7) is 0. The van der Waals surface area contributed by atoms with Crippen LogP contribution in [-0.2, 0) is 0 Å². The lowest BCUT2D eigenvalue weighted by atomic mass is 10.1. The van der Waals surface area contributed by atoms with Crippen molar-refractivity contribution in [3.63, 3.8) is 0 Å². The Bertz CT molecular complexity index is 1480. The number of amides is 2. The van der Waals surface area contributed by atoms with Crippen molar-refractivity contribution >= 4 is 34.2 Å². The maximum atomic E-state index is 12.9. The van der Waals surface area contributed by atoms with Crippen LogP contribution in [0.4, 0.5) is 11.5 Å². The first-order valence-electron chi connectivity index (χ1n) is 10.5. The minimum absolute atomic E-state index is 0.282. The highest BCUT2D eigenvalue weighted by Gasteiger charge is 2.12. The molecule has 8 heteroatoms. The molecular formula is C26H18N6O2. The SMILES string of the molecule is O=C(Nc1ccc(-c2cc(NC(=O)c3ccnc4ccccc34)ncn2)cc1)c1ccccn1. The van der Waals surface area contributed by atoms with Gasteiger partial charge in [0.25, 0.3) is 11.8 Å². The number of para-hydroxylation sites is 1. The molecule has 3 heterocycles. The molecule has 164 valence electrons. The van der Waals surface area contributed by atoms with Gasteiger partial charge in [-0.15, -0.1) is 0 Å². The largest absolute Gasteiger partial charge is 0.321 e. The number of hydrogen-bond acceptors (Lipinski definition) is 6. The van der Waals surface area contributed by atoms with Crippen molar-refractivity contribution in [1.82, 2.24) is 19.9 Å². The van der Waals surface area contributed by atoms with E-state index in [4.69, 9.17) is 0 Å². The Hall–Kier alpha value is -4.98. The Morgan fingerprint density at radius 3 is 2.32 bits per heavy atom. The van der Waals surface area contributed by atoms with Gasteiger partial charge >= 0.3 is 0 Å². The molecule has 0 spiro atoms. The van der Waals surface area contributed by atoms with Gasteiger partial charge in [-0.2, -0.15) is 0 Å². The molecule has 0 atom stereocenters. The van der Waals surface area contributed by atoms with Crippen molar-refractivity contribution in [1.29, 1.82) is 0 Å². The van der Waals surface area contributed by atoms with Crippen molar-refractivity contribution in [2.75, 3.05) is 10.6 Å². The van der Waals surface area contributed by atoms with E-state index < -0.39 is 0 Å². The van der Waals surface area contributed by atoms with E-state index in [0.29, 0.717) is 28.5 Å². The first kappa shape index (κ1) is 20.9. The number of benzene rings is 2. The molecule has 0 bridgehead atoms. The van der Waals surface area contributed by atoms with Crippen LogP contribution in [0.5, 0.6) is 0 Å². The molecule has 2 amide bonds. The molecule has 34 heavy (non-hydrogen) atoms. The third-order valence-corrected chi connectivity index (χ3v) is 5.14. The summed E-state index contributed by atoms with van der Waals surface area (Å²) in [6.07, 6.45) is 4.57. The van der Waals surface area contributed by atoms with E-state index in [2.05, 4.69) is 30.6 Å². The minimum atomic E-state index is -0.288. The van der Waals surface area contributed by atoms with Gasteiger partial charge in [0.05, 0.1) is 16.8 Å². The molecule has 0 aliphatic carbocycles. The van der Waals surface area contributed by atoms with Gasteiger partial charge in [0.2, 0.25) is 0 Å². The lowest BCUT2D eigenvalue weighted by molar-refractivity contribution is 0.101. The molecule has 2 N–H and O–H groups in total. The highest BCUT2D eigenvalue weighted by atomic mass is 16.2. The molecular weight excluding hydrogens is 428 g/mol. The van der Waals surface area contributed by atoms with Crippen LogP contribution in [-0.4, -0.2) is 31.8 Å². The van der Waals surface area contributed by atoms with E-state index in [0.717, 1.165) is 16.5 Å². The molecule has 2 aromatic carbocycles. The second kappa shape index (κ2) is 9.25.